The van der Waals surface area contributed by atoms with Gasteiger partial charge in [0.2, 0.25) is 5.91 Å². The molecule has 2 aromatic rings. The number of carbonyl (C=O) groups excluding carboxylic acids is 1. The zero-order chi connectivity index (χ0) is 18.7. The molecule has 9 heteroatoms. The van der Waals surface area contributed by atoms with Crippen molar-refractivity contribution in [2.45, 2.75) is 51.8 Å². The zero-order valence-electron chi connectivity index (χ0n) is 15.2. The average molecular weight is 397 g/mol. The summed E-state index contributed by atoms with van der Waals surface area (Å²) in [6, 6.07) is 0.175. The summed E-state index contributed by atoms with van der Waals surface area (Å²) in [5, 5.41) is 6.91. The zero-order valence-corrected chi connectivity index (χ0v) is 16.9. The number of hydrogen-bond acceptors (Lipinski definition) is 7. The molecule has 0 saturated heterocycles. The second-order valence-corrected chi connectivity index (χ2v) is 9.26. The van der Waals surface area contributed by atoms with Gasteiger partial charge in [0, 0.05) is 16.8 Å². The number of carbonyl (C=O) groups is 1. The Morgan fingerprint density at radius 2 is 2.23 bits per heavy atom. The van der Waals surface area contributed by atoms with Crippen LogP contribution in [0.15, 0.2) is 10.0 Å². The van der Waals surface area contributed by atoms with E-state index in [9.17, 15) is 9.00 Å². The fraction of sp³-hybridized carbons (Fsp3) is 0.647. The number of hydrogen-bond donors (Lipinski definition) is 1. The number of aromatic nitrogens is 3. The summed E-state index contributed by atoms with van der Waals surface area (Å²) in [5.41, 5.74) is 2.53. The Kier molecular flexibility index (Phi) is 6.18. The van der Waals surface area contributed by atoms with Gasteiger partial charge in [-0.15, -0.1) is 11.3 Å². The summed E-state index contributed by atoms with van der Waals surface area (Å²) < 4.78 is 17.5. The van der Waals surface area contributed by atoms with Crippen LogP contribution >= 0.6 is 11.3 Å². The van der Waals surface area contributed by atoms with Crippen molar-refractivity contribution >= 4 is 28.0 Å². The van der Waals surface area contributed by atoms with Crippen molar-refractivity contribution < 1.29 is 13.5 Å². The van der Waals surface area contributed by atoms with Gasteiger partial charge in [-0.3, -0.25) is 9.00 Å². The second kappa shape index (κ2) is 8.39. The van der Waals surface area contributed by atoms with Gasteiger partial charge < -0.3 is 9.84 Å². The summed E-state index contributed by atoms with van der Waals surface area (Å²) >= 11 is 1.42. The third-order valence-corrected chi connectivity index (χ3v) is 7.12. The molecule has 3 rings (SSSR count). The fourth-order valence-electron chi connectivity index (χ4n) is 3.29. The van der Waals surface area contributed by atoms with Gasteiger partial charge in [0.05, 0.1) is 17.0 Å². The number of amides is 1. The van der Waals surface area contributed by atoms with Crippen LogP contribution in [-0.2, 0) is 21.3 Å². The summed E-state index contributed by atoms with van der Waals surface area (Å²) in [5.74, 6) is 1.67. The van der Waals surface area contributed by atoms with Crippen LogP contribution in [0.2, 0.25) is 0 Å². The third kappa shape index (κ3) is 4.56. The standard InChI is InChI=1S/C17H24N4O3S2/c1-10-5-4-6-13(11(10)2)19-15(22)8-26(23)7-14-20-17(24-21-14)16-12(3)18-9-25-16/h9-11,13H,4-8H2,1-3H3,(H,19,22)/t10-,11-,13-,26+/m1/s1. The summed E-state index contributed by atoms with van der Waals surface area (Å²) in [6.45, 7) is 6.26. The molecule has 1 fully saturated rings. The van der Waals surface area contributed by atoms with Crippen LogP contribution < -0.4 is 5.32 Å². The molecule has 0 spiro atoms. The first-order chi connectivity index (χ1) is 12.4. The largest absolute Gasteiger partial charge is 0.352 e. The molecule has 0 bridgehead atoms. The van der Waals surface area contributed by atoms with Crippen molar-refractivity contribution in [1.29, 1.82) is 0 Å². The first-order valence-electron chi connectivity index (χ1n) is 8.81. The molecule has 26 heavy (non-hydrogen) atoms. The minimum atomic E-state index is -1.37. The first kappa shape index (κ1) is 19.2. The smallest absolute Gasteiger partial charge is 0.269 e. The van der Waals surface area contributed by atoms with Crippen molar-refractivity contribution in [3.63, 3.8) is 0 Å². The molecule has 0 aliphatic heterocycles. The molecule has 0 unspecified atom stereocenters. The van der Waals surface area contributed by atoms with Crippen LogP contribution in [0.5, 0.6) is 0 Å². The number of nitrogens with zero attached hydrogens (tertiary/aromatic N) is 3. The van der Waals surface area contributed by atoms with Crippen molar-refractivity contribution in [3.05, 3.63) is 17.0 Å². The molecular formula is C17H24N4O3S2. The normalized spacial score (nSPS) is 24.3. The Morgan fingerprint density at radius 1 is 1.42 bits per heavy atom. The average Bonchev–Trinajstić information content (AvgIpc) is 3.20. The lowest BCUT2D eigenvalue weighted by Crippen LogP contribution is -2.45. The van der Waals surface area contributed by atoms with E-state index in [-0.39, 0.29) is 23.5 Å². The summed E-state index contributed by atoms with van der Waals surface area (Å²) in [7, 11) is -1.37. The topological polar surface area (TPSA) is 98.0 Å². The van der Waals surface area contributed by atoms with Gasteiger partial charge in [-0.05, 0) is 25.2 Å². The molecule has 0 aromatic carbocycles. The molecule has 142 valence electrons. The Hall–Kier alpha value is -1.61. The number of rotatable bonds is 6. The highest BCUT2D eigenvalue weighted by atomic mass is 32.2. The van der Waals surface area contributed by atoms with Crippen LogP contribution in [-0.4, -0.2) is 37.0 Å². The van der Waals surface area contributed by atoms with Crippen LogP contribution in [0.25, 0.3) is 10.8 Å². The van der Waals surface area contributed by atoms with Gasteiger partial charge in [0.1, 0.15) is 10.6 Å². The predicted molar refractivity (Wildman–Crippen MR) is 101 cm³/mol. The maximum absolute atomic E-state index is 12.3. The molecular weight excluding hydrogens is 372 g/mol. The molecule has 2 heterocycles. The number of nitrogens with one attached hydrogen (secondary N) is 1. The lowest BCUT2D eigenvalue weighted by atomic mass is 9.78. The Morgan fingerprint density at radius 3 is 2.96 bits per heavy atom. The molecule has 1 aliphatic rings. The SMILES string of the molecule is Cc1ncsc1-c1nc(C[S@](=O)CC(=O)N[C@@H]2CCC[C@@H](C)[C@H]2C)no1. The number of aryl methyl sites for hydroxylation is 1. The second-order valence-electron chi connectivity index (χ2n) is 6.95. The maximum atomic E-state index is 12.3. The molecule has 1 N–H and O–H groups in total. The molecule has 2 aromatic heterocycles. The van der Waals surface area contributed by atoms with E-state index in [2.05, 4.69) is 34.3 Å². The van der Waals surface area contributed by atoms with E-state index < -0.39 is 10.8 Å². The number of thiazole rings is 1. The fourth-order valence-corrected chi connectivity index (χ4v) is 4.89. The van der Waals surface area contributed by atoms with Gasteiger partial charge in [0.15, 0.2) is 5.82 Å². The van der Waals surface area contributed by atoms with E-state index >= 15 is 0 Å². The highest BCUT2D eigenvalue weighted by molar-refractivity contribution is 7.84. The van der Waals surface area contributed by atoms with E-state index in [1.54, 1.807) is 5.51 Å². The Bertz CT molecular complexity index is 789. The van der Waals surface area contributed by atoms with Gasteiger partial charge in [-0.2, -0.15) is 4.98 Å². The Balaban J connectivity index is 1.52. The highest BCUT2D eigenvalue weighted by Crippen LogP contribution is 2.29. The summed E-state index contributed by atoms with van der Waals surface area (Å²) in [4.78, 5) is 21.5. The van der Waals surface area contributed by atoms with Gasteiger partial charge in [0.25, 0.3) is 5.89 Å². The summed E-state index contributed by atoms with van der Waals surface area (Å²) in [6.07, 6.45) is 3.33. The minimum absolute atomic E-state index is 0.0406. The molecule has 4 atom stereocenters. The lowest BCUT2D eigenvalue weighted by molar-refractivity contribution is -0.120. The highest BCUT2D eigenvalue weighted by Gasteiger charge is 2.28. The third-order valence-electron chi connectivity index (χ3n) is 5.04. The van der Waals surface area contributed by atoms with Crippen LogP contribution in [0.1, 0.15) is 44.6 Å². The van der Waals surface area contributed by atoms with E-state index in [0.717, 1.165) is 23.4 Å². The van der Waals surface area contributed by atoms with Crippen LogP contribution in [0, 0.1) is 18.8 Å². The quantitative estimate of drug-likeness (QED) is 0.806. The van der Waals surface area contributed by atoms with Crippen molar-refractivity contribution in [2.24, 2.45) is 11.8 Å². The van der Waals surface area contributed by atoms with Crippen molar-refractivity contribution in [1.82, 2.24) is 20.4 Å². The molecule has 0 radical (unpaired) electrons. The maximum Gasteiger partial charge on any atom is 0.269 e. The molecule has 1 aliphatic carbocycles. The van der Waals surface area contributed by atoms with E-state index in [0.29, 0.717) is 23.6 Å². The van der Waals surface area contributed by atoms with Crippen molar-refractivity contribution in [2.75, 3.05) is 5.75 Å². The minimum Gasteiger partial charge on any atom is -0.352 e. The molecule has 7 nitrogen and oxygen atoms in total. The van der Waals surface area contributed by atoms with Gasteiger partial charge >= 0.3 is 0 Å². The Labute approximate surface area is 159 Å². The first-order valence-corrected chi connectivity index (χ1v) is 11.2. The lowest BCUT2D eigenvalue weighted by Gasteiger charge is -2.34. The van der Waals surface area contributed by atoms with Crippen LogP contribution in [0.4, 0.5) is 0 Å². The van der Waals surface area contributed by atoms with E-state index in [4.69, 9.17) is 4.52 Å². The monoisotopic (exact) mass is 396 g/mol. The van der Waals surface area contributed by atoms with Crippen LogP contribution in [0.3, 0.4) is 0 Å². The molecule has 1 saturated carbocycles. The van der Waals surface area contributed by atoms with Gasteiger partial charge in [-0.1, -0.05) is 31.8 Å². The van der Waals surface area contributed by atoms with E-state index in [1.165, 1.54) is 17.8 Å². The van der Waals surface area contributed by atoms with Crippen molar-refractivity contribution in [3.8, 4) is 10.8 Å². The predicted octanol–water partition coefficient (Wildman–Crippen LogP) is 2.69. The molecule has 1 amide bonds. The van der Waals surface area contributed by atoms with Gasteiger partial charge in [-0.25, -0.2) is 4.98 Å². The van der Waals surface area contributed by atoms with E-state index in [1.807, 2.05) is 6.92 Å².